The molecule has 4 aromatic rings. The average Bonchev–Trinajstić information content (AvgIpc) is 3.53. The minimum Gasteiger partial charge on any atom is -0.405 e. The van der Waals surface area contributed by atoms with Crippen LogP contribution in [0.4, 0.5) is 0 Å². The summed E-state index contributed by atoms with van der Waals surface area (Å²) < 4.78 is 14.0. The maximum absolute atomic E-state index is 12.8. The molecule has 0 bridgehead atoms. The van der Waals surface area contributed by atoms with Gasteiger partial charge in [0.2, 0.25) is 11.8 Å². The Bertz CT molecular complexity index is 2120. The van der Waals surface area contributed by atoms with Gasteiger partial charge in [-0.2, -0.15) is 0 Å². The number of nitrogens with one attached hydrogen (secondary N) is 2. The summed E-state index contributed by atoms with van der Waals surface area (Å²) in [7, 11) is -5.39. The van der Waals surface area contributed by atoms with E-state index < -0.39 is 16.6 Å². The Morgan fingerprint density at radius 1 is 0.474 bits per heavy atom. The second-order valence-electron chi connectivity index (χ2n) is 23.7. The van der Waals surface area contributed by atoms with E-state index in [0.29, 0.717) is 26.0 Å². The molecule has 0 aliphatic carbocycles. The van der Waals surface area contributed by atoms with Crippen molar-refractivity contribution in [2.75, 3.05) is 26.3 Å². The Morgan fingerprint density at radius 3 is 1.01 bits per heavy atom. The van der Waals surface area contributed by atoms with Crippen molar-refractivity contribution < 1.29 is 18.4 Å². The average molecular weight is 1100 g/mol. The summed E-state index contributed by atoms with van der Waals surface area (Å²) in [5.74, 6) is 0.0857. The largest absolute Gasteiger partial charge is 0.405 e. The van der Waals surface area contributed by atoms with E-state index in [-0.39, 0.29) is 47.1 Å². The van der Waals surface area contributed by atoms with Crippen molar-refractivity contribution in [3.63, 3.8) is 0 Å². The van der Waals surface area contributed by atoms with Crippen LogP contribution in [0, 0.1) is 0 Å². The highest BCUT2D eigenvalue weighted by molar-refractivity contribution is 7.00. The number of azide groups is 1. The lowest BCUT2D eigenvalue weighted by atomic mass is 10.1. The van der Waals surface area contributed by atoms with E-state index in [4.69, 9.17) is 20.1 Å². The van der Waals surface area contributed by atoms with Crippen LogP contribution in [0.25, 0.3) is 10.4 Å². The van der Waals surface area contributed by atoms with E-state index in [0.717, 1.165) is 25.7 Å². The predicted molar refractivity (Wildman–Crippen MR) is 336 cm³/mol. The van der Waals surface area contributed by atoms with Crippen molar-refractivity contribution in [3.05, 3.63) is 132 Å². The van der Waals surface area contributed by atoms with Crippen molar-refractivity contribution in [2.24, 2.45) is 10.8 Å². The van der Waals surface area contributed by atoms with Gasteiger partial charge in [0, 0.05) is 30.8 Å². The van der Waals surface area contributed by atoms with Gasteiger partial charge in [-0.25, -0.2) is 0 Å². The monoisotopic (exact) mass is 1100 g/mol. The first kappa shape index (κ1) is 67.7. The van der Waals surface area contributed by atoms with Crippen LogP contribution < -0.4 is 37.1 Å². The van der Waals surface area contributed by atoms with Crippen molar-refractivity contribution in [1.82, 2.24) is 10.6 Å². The highest BCUT2D eigenvalue weighted by Crippen LogP contribution is 2.38. The van der Waals surface area contributed by atoms with Crippen LogP contribution in [-0.2, 0) is 18.4 Å². The molecular formula is C66H106N6O4Si2. The quantitative estimate of drug-likeness (QED) is 0.0134. The fourth-order valence-electron chi connectivity index (χ4n) is 10.9. The number of rotatable bonds is 39. The number of carbonyl (C=O) groups excluding carboxylic acids is 2. The molecule has 0 spiro atoms. The van der Waals surface area contributed by atoms with E-state index in [1.165, 1.54) is 136 Å². The fraction of sp³-hybridized carbons (Fsp3) is 0.606. The van der Waals surface area contributed by atoms with Crippen molar-refractivity contribution in [2.45, 2.75) is 232 Å². The van der Waals surface area contributed by atoms with Gasteiger partial charge in [0.1, 0.15) is 0 Å². The van der Waals surface area contributed by atoms with Crippen LogP contribution in [-0.4, -0.2) is 66.8 Å². The number of carbonyl (C=O) groups is 2. The molecule has 4 N–H and O–H groups in total. The zero-order chi connectivity index (χ0) is 56.8. The molecule has 0 saturated heterocycles. The number of nitrogens with two attached hydrogens (primary N) is 1. The number of unbranched alkanes of at least 4 members (excludes halogenated alkanes) is 20. The molecule has 0 saturated carbocycles. The summed E-state index contributed by atoms with van der Waals surface area (Å²) in [4.78, 5) is 28.5. The molecule has 2 atom stereocenters. The van der Waals surface area contributed by atoms with E-state index >= 15 is 0 Å². The van der Waals surface area contributed by atoms with Gasteiger partial charge in [0.05, 0.1) is 25.3 Å². The van der Waals surface area contributed by atoms with E-state index in [1.54, 1.807) is 0 Å². The van der Waals surface area contributed by atoms with Crippen molar-refractivity contribution in [1.29, 1.82) is 0 Å². The molecule has 0 heterocycles. The molecule has 2 amide bonds. The highest BCUT2D eigenvalue weighted by Gasteiger charge is 2.51. The Balaban J connectivity index is 0.000000411. The van der Waals surface area contributed by atoms with Crippen LogP contribution in [0.15, 0.2) is 126 Å². The summed E-state index contributed by atoms with van der Waals surface area (Å²) >= 11 is 0. The Morgan fingerprint density at radius 2 is 0.744 bits per heavy atom. The first-order valence-corrected chi connectivity index (χ1v) is 34.3. The lowest BCUT2D eigenvalue weighted by Crippen LogP contribution is -2.67. The van der Waals surface area contributed by atoms with Crippen LogP contribution in [0.2, 0.25) is 10.1 Å². The molecular weight excluding hydrogens is 997 g/mol. The molecule has 12 heteroatoms. The standard InChI is InChI=1S/C33H52N4O2Si.C33H54N2O2Si/c1-5-6-7-8-9-10-11-12-13-14-21-26-32(38)36-29(27-35-37-34)28-39-40(33(2,3)4,30-22-17-15-18-23-30)31-24-19-16-20-25-31;1-5-6-7-8-9-10-11-12-13-14-21-26-32(36)35-29(27-34)28-37-38(33(2,3)4,30-22-17-15-18-23-30)31-24-19-16-20-25-31/h15-20,22-25,29H,5-14,21,26-28H2,1-4H3,(H,36,38);15-20,22-25,29H,5-14,21,26-28,34H2,1-4H3,(H,35,36)/t2*29-/m11/s1. The molecule has 0 fully saturated rings. The predicted octanol–water partition coefficient (Wildman–Crippen LogP) is 14.8. The Kier molecular flexibility index (Phi) is 33.8. The molecule has 4 aromatic carbocycles. The van der Waals surface area contributed by atoms with E-state index in [9.17, 15) is 9.59 Å². The van der Waals surface area contributed by atoms with Crippen molar-refractivity contribution >= 4 is 49.2 Å². The summed E-state index contributed by atoms with van der Waals surface area (Å²) in [5, 5.41) is 14.6. The van der Waals surface area contributed by atoms with Gasteiger partial charge < -0.3 is 25.2 Å². The van der Waals surface area contributed by atoms with E-state index in [1.807, 2.05) is 24.3 Å². The second kappa shape index (κ2) is 38.9. The van der Waals surface area contributed by atoms with Crippen LogP contribution in [0.3, 0.4) is 0 Å². The molecule has 4 rings (SSSR count). The Labute approximate surface area is 476 Å². The molecule has 0 unspecified atom stereocenters. The first-order chi connectivity index (χ1) is 37.7. The number of amides is 2. The molecule has 10 nitrogen and oxygen atoms in total. The van der Waals surface area contributed by atoms with Gasteiger partial charge >= 0.3 is 0 Å². The number of benzene rings is 4. The maximum Gasteiger partial charge on any atom is 0.261 e. The Hall–Kier alpha value is -4.56. The first-order valence-electron chi connectivity index (χ1n) is 30.5. The van der Waals surface area contributed by atoms with E-state index in [2.05, 4.69) is 173 Å². The summed E-state index contributed by atoms with van der Waals surface area (Å²) in [5.41, 5.74) is 15.1. The molecule has 78 heavy (non-hydrogen) atoms. The minimum atomic E-state index is -2.75. The molecule has 0 aliphatic heterocycles. The summed E-state index contributed by atoms with van der Waals surface area (Å²) in [6.07, 6.45) is 28.9. The van der Waals surface area contributed by atoms with Gasteiger partial charge in [-0.3, -0.25) is 9.59 Å². The molecule has 0 aromatic heterocycles. The number of hydrogen-bond acceptors (Lipinski definition) is 6. The van der Waals surface area contributed by atoms with Gasteiger partial charge in [-0.05, 0) is 49.2 Å². The molecule has 0 radical (unpaired) electrons. The zero-order valence-corrected chi connectivity index (χ0v) is 52.1. The summed E-state index contributed by atoms with van der Waals surface area (Å²) in [6, 6.07) is 41.5. The zero-order valence-electron chi connectivity index (χ0n) is 50.1. The minimum absolute atomic E-state index is 0.000103. The lowest BCUT2D eigenvalue weighted by molar-refractivity contribution is -0.122. The van der Waals surface area contributed by atoms with Crippen molar-refractivity contribution in [3.8, 4) is 0 Å². The van der Waals surface area contributed by atoms with Gasteiger partial charge in [-0.15, -0.1) is 0 Å². The van der Waals surface area contributed by atoms with Crippen LogP contribution in [0.1, 0.15) is 209 Å². The third-order valence-electron chi connectivity index (χ3n) is 15.2. The molecule has 432 valence electrons. The number of nitrogens with zero attached hydrogens (tertiary/aromatic N) is 3. The number of hydrogen-bond donors (Lipinski definition) is 3. The van der Waals surface area contributed by atoms with Crippen LogP contribution in [0.5, 0.6) is 0 Å². The normalized spacial score (nSPS) is 12.7. The molecule has 0 aliphatic rings. The van der Waals surface area contributed by atoms with Crippen LogP contribution >= 0.6 is 0 Å². The SMILES string of the molecule is CCCCCCCCCCCCCC(=O)N[C@H](CN)CO[Si](c1ccccc1)(c1ccccc1)C(C)(C)C.CCCCCCCCCCCCCC(=O)N[C@H](CN=[N+]=[N-])CO[Si](c1ccccc1)(c1ccccc1)C(C)(C)C. The lowest BCUT2D eigenvalue weighted by Gasteiger charge is -2.43. The van der Waals surface area contributed by atoms with Gasteiger partial charge in [-0.1, -0.05) is 310 Å². The fourth-order valence-corrected chi connectivity index (χ4v) is 20.1. The third kappa shape index (κ3) is 24.0. The van der Waals surface area contributed by atoms with Gasteiger partial charge in [0.15, 0.2) is 0 Å². The maximum atomic E-state index is 12.8. The van der Waals surface area contributed by atoms with Gasteiger partial charge in [0.25, 0.3) is 16.6 Å². The highest BCUT2D eigenvalue weighted by atomic mass is 28.4. The topological polar surface area (TPSA) is 151 Å². The summed E-state index contributed by atoms with van der Waals surface area (Å²) in [6.45, 7) is 19.2. The third-order valence-corrected chi connectivity index (χ3v) is 25.2. The smallest absolute Gasteiger partial charge is 0.261 e. The second-order valence-corrected chi connectivity index (χ2v) is 32.3.